The van der Waals surface area contributed by atoms with Crippen LogP contribution in [0.15, 0.2) is 29.6 Å². The van der Waals surface area contributed by atoms with Gasteiger partial charge in [-0.1, -0.05) is 12.1 Å². The molecule has 124 valence electrons. The third kappa shape index (κ3) is 6.08. The van der Waals surface area contributed by atoms with Crippen molar-refractivity contribution in [1.29, 1.82) is 0 Å². The standard InChI is InChI=1S/C17H21FN2O2S/c1-12(3-2-8-21)19-16(22)10-15-11-23-17(20-15)9-13-4-6-14(18)7-5-13/h4-7,11-12,21H,2-3,8-10H2,1H3,(H,19,22). The van der Waals surface area contributed by atoms with E-state index in [9.17, 15) is 9.18 Å². The molecule has 1 aromatic heterocycles. The summed E-state index contributed by atoms with van der Waals surface area (Å²) in [6.07, 6.45) is 2.33. The summed E-state index contributed by atoms with van der Waals surface area (Å²) in [6.45, 7) is 2.06. The quantitative estimate of drug-likeness (QED) is 0.779. The van der Waals surface area contributed by atoms with Gasteiger partial charge in [-0.05, 0) is 37.5 Å². The van der Waals surface area contributed by atoms with Crippen LogP contribution in [0.4, 0.5) is 4.39 Å². The third-order valence-electron chi connectivity index (χ3n) is 3.41. The fourth-order valence-corrected chi connectivity index (χ4v) is 3.08. The first kappa shape index (κ1) is 17.6. The van der Waals surface area contributed by atoms with Crippen LogP contribution < -0.4 is 5.32 Å². The molecular formula is C17H21FN2O2S. The van der Waals surface area contributed by atoms with Crippen LogP contribution in [0, 0.1) is 5.82 Å². The predicted molar refractivity (Wildman–Crippen MR) is 88.9 cm³/mol. The molecule has 0 saturated carbocycles. The molecule has 1 amide bonds. The summed E-state index contributed by atoms with van der Waals surface area (Å²) in [5.74, 6) is -0.311. The highest BCUT2D eigenvalue weighted by atomic mass is 32.1. The third-order valence-corrected chi connectivity index (χ3v) is 4.31. The molecule has 0 bridgehead atoms. The lowest BCUT2D eigenvalue weighted by Crippen LogP contribution is -2.33. The van der Waals surface area contributed by atoms with Crippen molar-refractivity contribution < 1.29 is 14.3 Å². The van der Waals surface area contributed by atoms with Crippen molar-refractivity contribution in [3.8, 4) is 0 Å². The largest absolute Gasteiger partial charge is 0.396 e. The van der Waals surface area contributed by atoms with E-state index in [0.29, 0.717) is 12.8 Å². The molecule has 0 saturated heterocycles. The van der Waals surface area contributed by atoms with E-state index in [0.717, 1.165) is 22.7 Å². The smallest absolute Gasteiger partial charge is 0.226 e. The van der Waals surface area contributed by atoms with Crippen molar-refractivity contribution in [2.75, 3.05) is 6.61 Å². The molecule has 4 nitrogen and oxygen atoms in total. The number of thiazole rings is 1. The number of aliphatic hydroxyl groups is 1. The summed E-state index contributed by atoms with van der Waals surface area (Å²) in [5.41, 5.74) is 1.74. The number of nitrogens with one attached hydrogen (secondary N) is 1. The molecule has 2 rings (SSSR count). The molecule has 0 aliphatic rings. The highest BCUT2D eigenvalue weighted by molar-refractivity contribution is 7.09. The fraction of sp³-hybridized carbons (Fsp3) is 0.412. The summed E-state index contributed by atoms with van der Waals surface area (Å²) in [6, 6.07) is 6.40. The zero-order valence-electron chi connectivity index (χ0n) is 13.1. The van der Waals surface area contributed by atoms with Crippen LogP contribution in [0.1, 0.15) is 36.0 Å². The van der Waals surface area contributed by atoms with Crippen molar-refractivity contribution >= 4 is 17.2 Å². The molecule has 1 unspecified atom stereocenters. The second-order valence-corrected chi connectivity index (χ2v) is 6.49. The van der Waals surface area contributed by atoms with Gasteiger partial charge in [0.05, 0.1) is 17.1 Å². The monoisotopic (exact) mass is 336 g/mol. The second-order valence-electron chi connectivity index (χ2n) is 5.55. The van der Waals surface area contributed by atoms with Gasteiger partial charge < -0.3 is 10.4 Å². The maximum Gasteiger partial charge on any atom is 0.226 e. The van der Waals surface area contributed by atoms with Crippen molar-refractivity contribution in [3.63, 3.8) is 0 Å². The van der Waals surface area contributed by atoms with Crippen LogP contribution in [-0.4, -0.2) is 28.6 Å². The second kappa shape index (κ2) is 8.74. The Bertz CT molecular complexity index is 628. The SMILES string of the molecule is CC(CCCO)NC(=O)Cc1csc(Cc2ccc(F)cc2)n1. The van der Waals surface area contributed by atoms with E-state index < -0.39 is 0 Å². The van der Waals surface area contributed by atoms with Gasteiger partial charge in [0.15, 0.2) is 0 Å². The summed E-state index contributed by atoms with van der Waals surface area (Å²) in [7, 11) is 0. The molecule has 1 aromatic carbocycles. The lowest BCUT2D eigenvalue weighted by molar-refractivity contribution is -0.121. The molecule has 0 fully saturated rings. The molecule has 0 aliphatic carbocycles. The Hall–Kier alpha value is -1.79. The Kier molecular flexibility index (Phi) is 6.67. The first-order valence-corrected chi connectivity index (χ1v) is 8.52. The number of rotatable bonds is 8. The zero-order chi connectivity index (χ0) is 16.7. The topological polar surface area (TPSA) is 62.2 Å². The lowest BCUT2D eigenvalue weighted by atomic mass is 10.1. The summed E-state index contributed by atoms with van der Waals surface area (Å²) in [5, 5.41) is 14.5. The first-order valence-electron chi connectivity index (χ1n) is 7.64. The number of hydrogen-bond donors (Lipinski definition) is 2. The van der Waals surface area contributed by atoms with Crippen LogP contribution in [0.2, 0.25) is 0 Å². The van der Waals surface area contributed by atoms with E-state index in [1.165, 1.54) is 23.5 Å². The minimum atomic E-state index is -0.249. The van der Waals surface area contributed by atoms with Gasteiger partial charge in [0.1, 0.15) is 5.82 Å². The van der Waals surface area contributed by atoms with E-state index in [1.54, 1.807) is 12.1 Å². The molecule has 1 heterocycles. The van der Waals surface area contributed by atoms with Crippen LogP contribution in [0.5, 0.6) is 0 Å². The molecule has 0 aliphatic heterocycles. The maximum absolute atomic E-state index is 12.9. The van der Waals surface area contributed by atoms with E-state index in [-0.39, 0.29) is 30.8 Å². The van der Waals surface area contributed by atoms with Crippen LogP contribution in [0.3, 0.4) is 0 Å². The fourth-order valence-electron chi connectivity index (χ4n) is 2.25. The van der Waals surface area contributed by atoms with Crippen molar-refractivity contribution in [3.05, 3.63) is 51.7 Å². The Labute approximate surface area is 139 Å². The molecule has 23 heavy (non-hydrogen) atoms. The minimum absolute atomic E-state index is 0.0481. The first-order chi connectivity index (χ1) is 11.1. The molecular weight excluding hydrogens is 315 g/mol. The predicted octanol–water partition coefficient (Wildman–Crippen LogP) is 2.69. The number of hydrogen-bond acceptors (Lipinski definition) is 4. The molecule has 2 N–H and O–H groups in total. The van der Waals surface area contributed by atoms with Gasteiger partial charge >= 0.3 is 0 Å². The Balaban J connectivity index is 1.84. The highest BCUT2D eigenvalue weighted by Crippen LogP contribution is 2.15. The van der Waals surface area contributed by atoms with Crippen molar-refractivity contribution in [2.45, 2.75) is 38.6 Å². The number of aromatic nitrogens is 1. The summed E-state index contributed by atoms with van der Waals surface area (Å²) in [4.78, 5) is 16.4. The minimum Gasteiger partial charge on any atom is -0.396 e. The van der Waals surface area contributed by atoms with Crippen LogP contribution in [-0.2, 0) is 17.6 Å². The Morgan fingerprint density at radius 3 is 2.83 bits per heavy atom. The molecule has 1 atom stereocenters. The van der Waals surface area contributed by atoms with Gasteiger partial charge in [0, 0.05) is 24.4 Å². The van der Waals surface area contributed by atoms with Gasteiger partial charge in [-0.2, -0.15) is 0 Å². The number of carbonyl (C=O) groups is 1. The average molecular weight is 336 g/mol. The van der Waals surface area contributed by atoms with Gasteiger partial charge in [0.2, 0.25) is 5.91 Å². The van der Waals surface area contributed by atoms with Gasteiger partial charge in [0.25, 0.3) is 0 Å². The number of nitrogens with zero attached hydrogens (tertiary/aromatic N) is 1. The number of amides is 1. The number of carbonyl (C=O) groups excluding carboxylic acids is 1. The molecule has 0 radical (unpaired) electrons. The Morgan fingerprint density at radius 1 is 1.39 bits per heavy atom. The van der Waals surface area contributed by atoms with Gasteiger partial charge in [-0.15, -0.1) is 11.3 Å². The number of aliphatic hydroxyl groups excluding tert-OH is 1. The zero-order valence-corrected chi connectivity index (χ0v) is 13.9. The van der Waals surface area contributed by atoms with E-state index in [4.69, 9.17) is 5.11 Å². The normalized spacial score (nSPS) is 12.1. The van der Waals surface area contributed by atoms with Crippen LogP contribution in [0.25, 0.3) is 0 Å². The summed E-state index contributed by atoms with van der Waals surface area (Å²) < 4.78 is 12.9. The van der Waals surface area contributed by atoms with Crippen molar-refractivity contribution in [1.82, 2.24) is 10.3 Å². The average Bonchev–Trinajstić information content (AvgIpc) is 2.94. The van der Waals surface area contributed by atoms with Crippen LogP contribution >= 0.6 is 11.3 Å². The summed E-state index contributed by atoms with van der Waals surface area (Å²) >= 11 is 1.51. The highest BCUT2D eigenvalue weighted by Gasteiger charge is 2.11. The van der Waals surface area contributed by atoms with Gasteiger partial charge in [-0.3, -0.25) is 4.79 Å². The molecule has 0 spiro atoms. The molecule has 6 heteroatoms. The Morgan fingerprint density at radius 2 is 2.13 bits per heavy atom. The van der Waals surface area contributed by atoms with E-state index in [1.807, 2.05) is 12.3 Å². The van der Waals surface area contributed by atoms with Crippen molar-refractivity contribution in [2.24, 2.45) is 0 Å². The van der Waals surface area contributed by atoms with E-state index in [2.05, 4.69) is 10.3 Å². The number of halogens is 1. The maximum atomic E-state index is 12.9. The number of benzene rings is 1. The lowest BCUT2D eigenvalue weighted by Gasteiger charge is -2.12. The molecule has 2 aromatic rings. The van der Waals surface area contributed by atoms with E-state index >= 15 is 0 Å². The van der Waals surface area contributed by atoms with Gasteiger partial charge in [-0.25, -0.2) is 9.37 Å².